The number of halogens is 1. The van der Waals surface area contributed by atoms with Crippen LogP contribution in [0.3, 0.4) is 0 Å². The first-order chi connectivity index (χ1) is 21.9. The maximum absolute atomic E-state index is 14.1. The minimum Gasteiger partial charge on any atom is -0.505 e. The van der Waals surface area contributed by atoms with Crippen LogP contribution in [0.4, 0.5) is 27.5 Å². The molecular formula is C30H31ClN6O10. The van der Waals surface area contributed by atoms with Gasteiger partial charge in [-0.1, -0.05) is 11.6 Å². The predicted octanol–water partition coefficient (Wildman–Crippen LogP) is 1.14. The number of hydrogen-bond acceptors (Lipinski definition) is 12. The van der Waals surface area contributed by atoms with Gasteiger partial charge in [-0.15, -0.1) is 0 Å². The van der Waals surface area contributed by atoms with Gasteiger partial charge in [-0.25, -0.2) is 4.79 Å². The van der Waals surface area contributed by atoms with Crippen molar-refractivity contribution in [2.45, 2.75) is 24.5 Å². The molecule has 2 aromatic carbocycles. The molecular weight excluding hydrogens is 640 g/mol. The number of carbonyl (C=O) groups is 6. The minimum absolute atomic E-state index is 0.0103. The van der Waals surface area contributed by atoms with Crippen molar-refractivity contribution in [1.29, 1.82) is 0 Å². The molecule has 248 valence electrons. The van der Waals surface area contributed by atoms with Crippen molar-refractivity contribution in [1.82, 2.24) is 4.90 Å². The Morgan fingerprint density at radius 1 is 1.06 bits per heavy atom. The summed E-state index contributed by atoms with van der Waals surface area (Å²) in [5, 5.41) is 39.3. The van der Waals surface area contributed by atoms with Crippen LogP contribution >= 0.6 is 11.6 Å². The second-order valence-corrected chi connectivity index (χ2v) is 12.8. The number of aliphatic hydroxyl groups is 1. The zero-order chi connectivity index (χ0) is 34.9. The monoisotopic (exact) mass is 670 g/mol. The number of nitrogens with two attached hydrogens (primary N) is 1. The average Bonchev–Trinajstić information content (AvgIpc) is 2.96. The summed E-state index contributed by atoms with van der Waals surface area (Å²) in [7, 11) is 6.26. The van der Waals surface area contributed by atoms with Crippen LogP contribution in [0.25, 0.3) is 0 Å². The topological polar surface area (TPSA) is 243 Å². The first-order valence-corrected chi connectivity index (χ1v) is 14.7. The first kappa shape index (κ1) is 33.4. The molecule has 0 radical (unpaired) electrons. The van der Waals surface area contributed by atoms with Crippen molar-refractivity contribution in [2.24, 2.45) is 29.4 Å². The van der Waals surface area contributed by atoms with Crippen molar-refractivity contribution in [3.05, 3.63) is 50.5 Å². The van der Waals surface area contributed by atoms with E-state index in [0.29, 0.717) is 11.3 Å². The number of benzene rings is 2. The number of carbonyl (C=O) groups excluding carboxylic acids is 6. The van der Waals surface area contributed by atoms with E-state index in [2.05, 4.69) is 10.6 Å². The van der Waals surface area contributed by atoms with Crippen molar-refractivity contribution in [3.8, 4) is 5.75 Å². The van der Waals surface area contributed by atoms with Gasteiger partial charge in [-0.05, 0) is 56.6 Å². The fourth-order valence-corrected chi connectivity index (χ4v) is 7.35. The van der Waals surface area contributed by atoms with Gasteiger partial charge in [0.15, 0.2) is 34.7 Å². The molecule has 3 aliphatic rings. The summed E-state index contributed by atoms with van der Waals surface area (Å²) in [6.45, 7) is 0. The third-order valence-corrected chi connectivity index (χ3v) is 9.41. The molecule has 0 aromatic heterocycles. The second kappa shape index (κ2) is 11.7. The zero-order valence-corrected chi connectivity index (χ0v) is 26.3. The number of ketones is 4. The van der Waals surface area contributed by atoms with Gasteiger partial charge in [0.2, 0.25) is 5.91 Å². The molecule has 2 fully saturated rings. The number of urea groups is 1. The molecule has 16 nitrogen and oxygen atoms in total. The Labute approximate surface area is 272 Å². The first-order valence-electron chi connectivity index (χ1n) is 14.3. The standard InChI is InChI=1S/C30H31ClN6O10/c1-35(2)17-10-16(34-29(44)33-15-6-5-12(31)9-18(15)37(46)47)23(38)20-13(17)7-11-8-14-22(36(3)4)25(40)21(28(32)43)27(42)30(14,45)26(41)19(11)24(20)39/h5-6,9-11,14,19,21-22,38,45H,7-8H2,1-4H3,(H2,32,43)(H2,33,34,44)/t11-,14-,19?,21?,22-,30-/m0/s1. The van der Waals surface area contributed by atoms with Crippen LogP contribution in [-0.4, -0.2) is 94.9 Å². The van der Waals surface area contributed by atoms with Crippen molar-refractivity contribution in [3.63, 3.8) is 0 Å². The lowest BCUT2D eigenvalue weighted by Crippen LogP contribution is -2.74. The molecule has 0 aliphatic heterocycles. The Morgan fingerprint density at radius 2 is 1.70 bits per heavy atom. The number of phenolic OH excluding ortho intramolecular Hbond substituents is 1. The van der Waals surface area contributed by atoms with Crippen molar-refractivity contribution >= 4 is 69.4 Å². The van der Waals surface area contributed by atoms with E-state index >= 15 is 0 Å². The minimum atomic E-state index is -2.89. The molecule has 0 saturated heterocycles. The Kier molecular flexibility index (Phi) is 8.32. The largest absolute Gasteiger partial charge is 0.505 e. The molecule has 3 amide bonds. The SMILES string of the molecule is CN(C)c1cc(NC(=O)Nc2ccc(Cl)cc2[N+](=O)[O-])c(O)c2c1C[C@H]1C[C@H]3[C@H](N(C)C)C(=O)C(C(N)=O)C(=O)[C@@]3(O)C(=O)C1C2=O. The second-order valence-electron chi connectivity index (χ2n) is 12.3. The quantitative estimate of drug-likeness (QED) is 0.126. The van der Waals surface area contributed by atoms with Crippen LogP contribution in [0.5, 0.6) is 5.75 Å². The Morgan fingerprint density at radius 3 is 2.28 bits per heavy atom. The molecule has 2 saturated carbocycles. The van der Waals surface area contributed by atoms with Crippen LogP contribution in [-0.2, 0) is 25.6 Å². The molecule has 6 N–H and O–H groups in total. The number of aromatic hydroxyl groups is 1. The van der Waals surface area contributed by atoms with Crippen LogP contribution < -0.4 is 21.3 Å². The van der Waals surface area contributed by atoms with E-state index in [1.165, 1.54) is 37.2 Å². The summed E-state index contributed by atoms with van der Waals surface area (Å²) in [4.78, 5) is 93.8. The lowest BCUT2D eigenvalue weighted by Gasteiger charge is -2.52. The molecule has 3 aliphatic carbocycles. The number of fused-ring (bicyclic) bond motifs is 3. The molecule has 0 bridgehead atoms. The van der Waals surface area contributed by atoms with E-state index < -0.39 is 86.7 Å². The number of anilines is 3. The highest BCUT2D eigenvalue weighted by atomic mass is 35.5. The number of likely N-dealkylation sites (N-methyl/N-ethyl adjacent to an activating group) is 1. The van der Waals surface area contributed by atoms with Crippen LogP contribution in [0.1, 0.15) is 22.3 Å². The number of nitrogens with zero attached hydrogens (tertiary/aromatic N) is 3. The van der Waals surface area contributed by atoms with Crippen LogP contribution in [0.2, 0.25) is 5.02 Å². The van der Waals surface area contributed by atoms with Gasteiger partial charge in [0, 0.05) is 36.8 Å². The molecule has 0 spiro atoms. The van der Waals surface area contributed by atoms with Gasteiger partial charge >= 0.3 is 6.03 Å². The number of phenols is 1. The summed E-state index contributed by atoms with van der Waals surface area (Å²) in [5.74, 6) is -12.3. The van der Waals surface area contributed by atoms with E-state index in [4.69, 9.17) is 17.3 Å². The summed E-state index contributed by atoms with van der Waals surface area (Å²) in [6, 6.07) is 2.68. The highest BCUT2D eigenvalue weighted by Crippen LogP contribution is 2.52. The van der Waals surface area contributed by atoms with E-state index in [1.807, 2.05) is 0 Å². The number of hydrogen-bond donors (Lipinski definition) is 5. The lowest BCUT2D eigenvalue weighted by molar-refractivity contribution is -0.383. The molecule has 2 aromatic rings. The van der Waals surface area contributed by atoms with Crippen molar-refractivity contribution < 1.29 is 43.9 Å². The number of nitro groups is 1. The number of nitro benzene ring substituents is 1. The third kappa shape index (κ3) is 5.17. The smallest absolute Gasteiger partial charge is 0.323 e. The average molecular weight is 671 g/mol. The predicted molar refractivity (Wildman–Crippen MR) is 166 cm³/mol. The maximum Gasteiger partial charge on any atom is 0.323 e. The molecule has 0 heterocycles. The van der Waals surface area contributed by atoms with Crippen LogP contribution in [0, 0.1) is 33.8 Å². The van der Waals surface area contributed by atoms with Gasteiger partial charge in [-0.2, -0.15) is 0 Å². The zero-order valence-electron chi connectivity index (χ0n) is 25.6. The normalized spacial score (nSPS) is 26.7. The van der Waals surface area contributed by atoms with Crippen LogP contribution in [0.15, 0.2) is 24.3 Å². The molecule has 5 rings (SSSR count). The van der Waals surface area contributed by atoms with E-state index in [9.17, 15) is 49.1 Å². The summed E-state index contributed by atoms with van der Waals surface area (Å²) in [6.07, 6.45) is -0.115. The van der Waals surface area contributed by atoms with Gasteiger partial charge < -0.3 is 31.5 Å². The van der Waals surface area contributed by atoms with Gasteiger partial charge in [0.05, 0.1) is 28.1 Å². The number of rotatable bonds is 6. The molecule has 2 unspecified atom stereocenters. The molecule has 47 heavy (non-hydrogen) atoms. The molecule has 17 heteroatoms. The summed E-state index contributed by atoms with van der Waals surface area (Å²) < 4.78 is 0. The molecule has 6 atom stereocenters. The van der Waals surface area contributed by atoms with Crippen molar-refractivity contribution in [2.75, 3.05) is 43.7 Å². The number of Topliss-reactive ketones (excluding diaryl/α,β-unsaturated/α-hetero) is 4. The Balaban J connectivity index is 1.56. The Bertz CT molecular complexity index is 1790. The lowest BCUT2D eigenvalue weighted by atomic mass is 9.52. The summed E-state index contributed by atoms with van der Waals surface area (Å²) in [5.41, 5.74) is 1.83. The fourth-order valence-electron chi connectivity index (χ4n) is 7.18. The highest BCUT2D eigenvalue weighted by Gasteiger charge is 2.69. The van der Waals surface area contributed by atoms with E-state index in [-0.39, 0.29) is 34.8 Å². The number of amides is 3. The highest BCUT2D eigenvalue weighted by molar-refractivity contribution is 6.33. The summed E-state index contributed by atoms with van der Waals surface area (Å²) >= 11 is 5.84. The third-order valence-electron chi connectivity index (χ3n) is 9.17. The van der Waals surface area contributed by atoms with E-state index in [1.54, 1.807) is 19.0 Å². The maximum atomic E-state index is 14.1. The number of primary amides is 1. The Hall–Kier alpha value is -4.93. The number of nitrogens with one attached hydrogen (secondary N) is 2. The fraction of sp³-hybridized carbons (Fsp3) is 0.400. The van der Waals surface area contributed by atoms with E-state index in [0.717, 1.165) is 6.07 Å². The van der Waals surface area contributed by atoms with Gasteiger partial charge in [0.25, 0.3) is 5.69 Å². The van der Waals surface area contributed by atoms with Gasteiger partial charge in [0.1, 0.15) is 11.4 Å². The van der Waals surface area contributed by atoms with Gasteiger partial charge in [-0.3, -0.25) is 39.0 Å².